The van der Waals surface area contributed by atoms with Crippen molar-refractivity contribution in [3.8, 4) is 17.2 Å². The molecule has 6 nitrogen and oxygen atoms in total. The van der Waals surface area contributed by atoms with E-state index >= 15 is 0 Å². The highest BCUT2D eigenvalue weighted by atomic mass is 35.5. The second-order valence-corrected chi connectivity index (χ2v) is 7.10. The van der Waals surface area contributed by atoms with Crippen LogP contribution in [-0.4, -0.2) is 29.0 Å². The second-order valence-electron chi connectivity index (χ2n) is 5.73. The van der Waals surface area contributed by atoms with E-state index in [4.69, 9.17) is 20.8 Å². The van der Waals surface area contributed by atoms with Crippen molar-refractivity contribution in [3.05, 3.63) is 59.1 Å². The zero-order chi connectivity index (χ0) is 19.2. The van der Waals surface area contributed by atoms with E-state index in [0.717, 1.165) is 16.9 Å². The quantitative estimate of drug-likeness (QED) is 0.590. The number of nitrogens with one attached hydrogen (secondary N) is 1. The minimum absolute atomic E-state index is 0.128. The molecule has 140 valence electrons. The van der Waals surface area contributed by atoms with Gasteiger partial charge >= 0.3 is 0 Å². The molecule has 1 aromatic heterocycles. The molecule has 0 aliphatic rings. The molecule has 1 heterocycles. The van der Waals surface area contributed by atoms with E-state index in [-0.39, 0.29) is 17.7 Å². The molecule has 0 saturated carbocycles. The number of amides is 1. The maximum absolute atomic E-state index is 12.2. The van der Waals surface area contributed by atoms with Gasteiger partial charge in [-0.05, 0) is 48.9 Å². The predicted molar refractivity (Wildman–Crippen MR) is 105 cm³/mol. The van der Waals surface area contributed by atoms with Gasteiger partial charge in [0.25, 0.3) is 5.22 Å². The summed E-state index contributed by atoms with van der Waals surface area (Å²) in [5.41, 5.74) is 1.73. The number of thioether (sulfide) groups is 1. The lowest BCUT2D eigenvalue weighted by atomic mass is 10.1. The van der Waals surface area contributed by atoms with Gasteiger partial charge in [0.05, 0.1) is 18.9 Å². The lowest BCUT2D eigenvalue weighted by Gasteiger charge is -2.14. The highest BCUT2D eigenvalue weighted by molar-refractivity contribution is 7.99. The summed E-state index contributed by atoms with van der Waals surface area (Å²) in [7, 11) is 1.61. The Hall–Kier alpha value is -2.51. The van der Waals surface area contributed by atoms with Crippen LogP contribution in [0.4, 0.5) is 0 Å². The highest BCUT2D eigenvalue weighted by Gasteiger charge is 2.14. The molecular formula is C19H18ClN3O3S. The van der Waals surface area contributed by atoms with Crippen LogP contribution in [0, 0.1) is 0 Å². The third-order valence-corrected chi connectivity index (χ3v) is 4.85. The number of hydrogen-bond donors (Lipinski definition) is 1. The third kappa shape index (κ3) is 5.24. The Labute approximate surface area is 166 Å². The van der Waals surface area contributed by atoms with Gasteiger partial charge in [0.1, 0.15) is 5.75 Å². The van der Waals surface area contributed by atoms with Gasteiger partial charge in [-0.15, -0.1) is 10.2 Å². The number of halogens is 1. The number of methoxy groups -OCH3 is 1. The Bertz CT molecular complexity index is 915. The van der Waals surface area contributed by atoms with Gasteiger partial charge < -0.3 is 14.5 Å². The average Bonchev–Trinajstić information content (AvgIpc) is 3.15. The Morgan fingerprint density at radius 1 is 1.26 bits per heavy atom. The summed E-state index contributed by atoms with van der Waals surface area (Å²) in [5.74, 6) is 1.19. The summed E-state index contributed by atoms with van der Waals surface area (Å²) in [6.07, 6.45) is 0. The first-order valence-corrected chi connectivity index (χ1v) is 9.57. The maximum Gasteiger partial charge on any atom is 0.277 e. The molecule has 0 fully saturated rings. The average molecular weight is 404 g/mol. The molecule has 1 atom stereocenters. The van der Waals surface area contributed by atoms with Crippen molar-refractivity contribution in [1.82, 2.24) is 15.5 Å². The monoisotopic (exact) mass is 403 g/mol. The van der Waals surface area contributed by atoms with Gasteiger partial charge in [-0.3, -0.25) is 4.79 Å². The van der Waals surface area contributed by atoms with Gasteiger partial charge in [0, 0.05) is 10.6 Å². The van der Waals surface area contributed by atoms with Crippen LogP contribution in [0.3, 0.4) is 0 Å². The van der Waals surface area contributed by atoms with Gasteiger partial charge in [-0.2, -0.15) is 0 Å². The second kappa shape index (κ2) is 8.92. The molecule has 0 radical (unpaired) electrons. The molecular weight excluding hydrogens is 386 g/mol. The topological polar surface area (TPSA) is 77.2 Å². The number of rotatable bonds is 7. The van der Waals surface area contributed by atoms with E-state index in [9.17, 15) is 4.79 Å². The van der Waals surface area contributed by atoms with Gasteiger partial charge in [0.15, 0.2) is 0 Å². The Kier molecular flexibility index (Phi) is 6.36. The standard InChI is InChI=1S/C19H18ClN3O3S/c1-12(14-4-3-5-15(20)10-14)21-17(24)11-27-19-23-22-18(26-19)13-6-8-16(25-2)9-7-13/h3-10,12H,11H2,1-2H3,(H,21,24)/t12-/m0/s1. The van der Waals surface area contributed by atoms with Gasteiger partial charge in [0.2, 0.25) is 11.8 Å². The summed E-state index contributed by atoms with van der Waals surface area (Å²) in [6, 6.07) is 14.6. The number of carbonyl (C=O) groups is 1. The van der Waals surface area contributed by atoms with Crippen LogP contribution in [-0.2, 0) is 4.79 Å². The summed E-state index contributed by atoms with van der Waals surface area (Å²) < 4.78 is 10.7. The van der Waals surface area contributed by atoms with E-state index in [1.54, 1.807) is 13.2 Å². The molecule has 0 bridgehead atoms. The minimum Gasteiger partial charge on any atom is -0.497 e. The lowest BCUT2D eigenvalue weighted by Crippen LogP contribution is -2.28. The molecule has 1 N–H and O–H groups in total. The van der Waals surface area contributed by atoms with E-state index < -0.39 is 0 Å². The molecule has 0 saturated heterocycles. The Morgan fingerprint density at radius 3 is 2.74 bits per heavy atom. The first kappa shape index (κ1) is 19.3. The van der Waals surface area contributed by atoms with E-state index in [1.807, 2.05) is 49.4 Å². The molecule has 0 unspecified atom stereocenters. The van der Waals surface area contributed by atoms with Crippen LogP contribution in [0.15, 0.2) is 58.2 Å². The largest absolute Gasteiger partial charge is 0.497 e. The first-order chi connectivity index (χ1) is 13.0. The summed E-state index contributed by atoms with van der Waals surface area (Å²) in [5, 5.41) is 11.9. The molecule has 27 heavy (non-hydrogen) atoms. The zero-order valence-electron chi connectivity index (χ0n) is 14.8. The Morgan fingerprint density at radius 2 is 2.04 bits per heavy atom. The van der Waals surface area contributed by atoms with Crippen LogP contribution in [0.25, 0.3) is 11.5 Å². The number of carbonyl (C=O) groups excluding carboxylic acids is 1. The van der Waals surface area contributed by atoms with Crippen LogP contribution in [0.2, 0.25) is 5.02 Å². The van der Waals surface area contributed by atoms with Crippen molar-refractivity contribution in [3.63, 3.8) is 0 Å². The number of nitrogens with zero attached hydrogens (tertiary/aromatic N) is 2. The molecule has 0 aliphatic carbocycles. The van der Waals surface area contributed by atoms with E-state index in [2.05, 4.69) is 15.5 Å². The smallest absolute Gasteiger partial charge is 0.277 e. The fourth-order valence-corrected chi connectivity index (χ4v) is 3.16. The van der Waals surface area contributed by atoms with Gasteiger partial charge in [-0.25, -0.2) is 0 Å². The number of ether oxygens (including phenoxy) is 1. The zero-order valence-corrected chi connectivity index (χ0v) is 16.4. The molecule has 8 heteroatoms. The summed E-state index contributed by atoms with van der Waals surface area (Å²) in [6.45, 7) is 1.91. The third-order valence-electron chi connectivity index (χ3n) is 3.80. The van der Waals surface area contributed by atoms with E-state index in [0.29, 0.717) is 16.1 Å². The van der Waals surface area contributed by atoms with Crippen molar-refractivity contribution in [2.45, 2.75) is 18.2 Å². The lowest BCUT2D eigenvalue weighted by molar-refractivity contribution is -0.119. The minimum atomic E-state index is -0.144. The highest BCUT2D eigenvalue weighted by Crippen LogP contribution is 2.25. The SMILES string of the molecule is COc1ccc(-c2nnc(SCC(=O)N[C@@H](C)c3cccc(Cl)c3)o2)cc1. The molecule has 3 rings (SSSR count). The van der Waals surface area contributed by atoms with Crippen molar-refractivity contribution in [2.24, 2.45) is 0 Å². The van der Waals surface area contributed by atoms with Crippen LogP contribution >= 0.6 is 23.4 Å². The van der Waals surface area contributed by atoms with Crippen molar-refractivity contribution >= 4 is 29.3 Å². The maximum atomic E-state index is 12.2. The molecule has 3 aromatic rings. The van der Waals surface area contributed by atoms with Crippen LogP contribution in [0.1, 0.15) is 18.5 Å². The predicted octanol–water partition coefficient (Wildman–Crippen LogP) is 4.37. The first-order valence-electron chi connectivity index (χ1n) is 8.20. The van der Waals surface area contributed by atoms with E-state index in [1.165, 1.54) is 11.8 Å². The number of benzene rings is 2. The molecule has 1 amide bonds. The molecule has 0 spiro atoms. The fourth-order valence-electron chi connectivity index (χ4n) is 2.39. The van der Waals surface area contributed by atoms with Crippen molar-refractivity contribution in [2.75, 3.05) is 12.9 Å². The number of hydrogen-bond acceptors (Lipinski definition) is 6. The van der Waals surface area contributed by atoms with Crippen molar-refractivity contribution in [1.29, 1.82) is 0 Å². The molecule has 2 aromatic carbocycles. The normalized spacial score (nSPS) is 11.8. The van der Waals surface area contributed by atoms with Gasteiger partial charge in [-0.1, -0.05) is 35.5 Å². The van der Waals surface area contributed by atoms with Crippen LogP contribution in [0.5, 0.6) is 5.75 Å². The fraction of sp³-hybridized carbons (Fsp3) is 0.211. The number of aromatic nitrogens is 2. The molecule has 0 aliphatic heterocycles. The Balaban J connectivity index is 1.54. The van der Waals surface area contributed by atoms with Crippen molar-refractivity contribution < 1.29 is 13.9 Å². The summed E-state index contributed by atoms with van der Waals surface area (Å²) >= 11 is 7.17. The summed E-state index contributed by atoms with van der Waals surface area (Å²) in [4.78, 5) is 12.2. The van der Waals surface area contributed by atoms with Crippen LogP contribution < -0.4 is 10.1 Å².